The van der Waals surface area contributed by atoms with E-state index in [0.29, 0.717) is 23.0 Å². The minimum absolute atomic E-state index is 0.0558. The molecule has 0 N–H and O–H groups in total. The van der Waals surface area contributed by atoms with Crippen LogP contribution < -0.4 is 5.63 Å². The van der Waals surface area contributed by atoms with Gasteiger partial charge in [0, 0.05) is 19.0 Å². The van der Waals surface area contributed by atoms with E-state index in [-0.39, 0.29) is 12.5 Å². The van der Waals surface area contributed by atoms with Crippen LogP contribution in [-0.2, 0) is 17.9 Å². The zero-order valence-electron chi connectivity index (χ0n) is 14.3. The average molecular weight is 347 g/mol. The quantitative estimate of drug-likeness (QED) is 0.532. The van der Waals surface area contributed by atoms with E-state index in [1.165, 1.54) is 6.20 Å². The molecule has 0 bridgehead atoms. The normalized spacial score (nSPS) is 11.1. The third-order valence-electron chi connectivity index (χ3n) is 4.38. The van der Waals surface area contributed by atoms with Gasteiger partial charge in [-0.15, -0.1) is 0 Å². The van der Waals surface area contributed by atoms with Crippen LogP contribution in [-0.4, -0.2) is 27.6 Å². The Morgan fingerprint density at radius 3 is 2.62 bits per heavy atom. The molecule has 2 heterocycles. The number of carbonyl (C=O) groups excluding carboxylic acids is 1. The Labute approximate surface area is 149 Å². The summed E-state index contributed by atoms with van der Waals surface area (Å²) >= 11 is 0. The third kappa shape index (κ3) is 2.86. The van der Waals surface area contributed by atoms with Gasteiger partial charge < -0.3 is 9.32 Å². The molecule has 4 rings (SSSR count). The summed E-state index contributed by atoms with van der Waals surface area (Å²) in [6.07, 6.45) is 1.46. The lowest BCUT2D eigenvalue weighted by Gasteiger charge is -2.17. The van der Waals surface area contributed by atoms with Crippen molar-refractivity contribution < 1.29 is 9.21 Å². The van der Waals surface area contributed by atoms with E-state index in [1.807, 2.05) is 42.5 Å². The second kappa shape index (κ2) is 6.48. The zero-order valence-corrected chi connectivity index (χ0v) is 14.3. The molecule has 6 nitrogen and oxygen atoms in total. The van der Waals surface area contributed by atoms with Crippen molar-refractivity contribution in [1.82, 2.24) is 14.7 Å². The highest BCUT2D eigenvalue weighted by molar-refractivity contribution is 6.02. The van der Waals surface area contributed by atoms with Crippen LogP contribution in [0.3, 0.4) is 0 Å². The third-order valence-corrected chi connectivity index (χ3v) is 4.38. The summed E-state index contributed by atoms with van der Waals surface area (Å²) in [6, 6.07) is 17.0. The summed E-state index contributed by atoms with van der Waals surface area (Å²) in [5.74, 6) is -0.0869. The molecule has 0 aliphatic carbocycles. The molecule has 130 valence electrons. The van der Waals surface area contributed by atoms with Crippen molar-refractivity contribution in [3.63, 3.8) is 0 Å². The lowest BCUT2D eigenvalue weighted by Crippen LogP contribution is -2.30. The molecule has 0 aliphatic rings. The standard InChI is InChI=1S/C20H17N3O3/c1-22(12-14-7-3-2-4-8-14)18(24)13-23-19-15-9-5-6-10-17(15)26-20(25)16(19)11-21-23/h2-11H,12-13H2,1H3. The van der Waals surface area contributed by atoms with Crippen molar-refractivity contribution in [2.75, 3.05) is 7.05 Å². The van der Waals surface area contributed by atoms with Gasteiger partial charge in [-0.25, -0.2) is 4.79 Å². The molecule has 2 aromatic heterocycles. The molecule has 0 fully saturated rings. The van der Waals surface area contributed by atoms with Crippen LogP contribution in [0, 0.1) is 0 Å². The van der Waals surface area contributed by atoms with E-state index in [0.717, 1.165) is 10.9 Å². The topological polar surface area (TPSA) is 68.3 Å². The largest absolute Gasteiger partial charge is 0.422 e. The van der Waals surface area contributed by atoms with Crippen LogP contribution in [0.1, 0.15) is 5.56 Å². The van der Waals surface area contributed by atoms with Crippen molar-refractivity contribution >= 4 is 27.8 Å². The molecule has 0 unspecified atom stereocenters. The van der Waals surface area contributed by atoms with E-state index in [4.69, 9.17) is 4.42 Å². The highest BCUT2D eigenvalue weighted by Gasteiger charge is 2.16. The average Bonchev–Trinajstić information content (AvgIpc) is 3.07. The number of hydrogen-bond acceptors (Lipinski definition) is 4. The van der Waals surface area contributed by atoms with Crippen molar-refractivity contribution in [3.05, 3.63) is 76.8 Å². The number of nitrogens with zero attached hydrogens (tertiary/aromatic N) is 3. The number of rotatable bonds is 4. The smallest absolute Gasteiger partial charge is 0.347 e. The second-order valence-corrected chi connectivity index (χ2v) is 6.19. The minimum Gasteiger partial charge on any atom is -0.422 e. The number of aromatic nitrogens is 2. The Morgan fingerprint density at radius 2 is 1.81 bits per heavy atom. The van der Waals surface area contributed by atoms with E-state index >= 15 is 0 Å². The fourth-order valence-electron chi connectivity index (χ4n) is 3.04. The van der Waals surface area contributed by atoms with Gasteiger partial charge in [0.2, 0.25) is 5.91 Å². The van der Waals surface area contributed by atoms with Crippen LogP contribution in [0.2, 0.25) is 0 Å². The van der Waals surface area contributed by atoms with Gasteiger partial charge in [-0.2, -0.15) is 5.10 Å². The maximum absolute atomic E-state index is 12.6. The zero-order chi connectivity index (χ0) is 18.1. The minimum atomic E-state index is -0.449. The number of amides is 1. The van der Waals surface area contributed by atoms with Gasteiger partial charge >= 0.3 is 5.63 Å². The first-order valence-corrected chi connectivity index (χ1v) is 8.29. The fourth-order valence-corrected chi connectivity index (χ4v) is 3.04. The van der Waals surface area contributed by atoms with Crippen LogP contribution in [0.25, 0.3) is 21.9 Å². The molecule has 2 aromatic carbocycles. The van der Waals surface area contributed by atoms with Gasteiger partial charge in [-0.05, 0) is 17.7 Å². The van der Waals surface area contributed by atoms with E-state index in [2.05, 4.69) is 5.10 Å². The molecular weight excluding hydrogens is 330 g/mol. The Kier molecular flexibility index (Phi) is 4.01. The first-order valence-electron chi connectivity index (χ1n) is 8.29. The maximum atomic E-state index is 12.6. The monoisotopic (exact) mass is 347 g/mol. The lowest BCUT2D eigenvalue weighted by atomic mass is 10.2. The van der Waals surface area contributed by atoms with Gasteiger partial charge in [0.1, 0.15) is 17.5 Å². The highest BCUT2D eigenvalue weighted by Crippen LogP contribution is 2.22. The number of benzene rings is 2. The first kappa shape index (κ1) is 16.1. The molecule has 0 spiro atoms. The van der Waals surface area contributed by atoms with E-state index in [1.54, 1.807) is 28.8 Å². The number of carbonyl (C=O) groups is 1. The maximum Gasteiger partial charge on any atom is 0.347 e. The Balaban J connectivity index is 1.67. The predicted molar refractivity (Wildman–Crippen MR) is 98.7 cm³/mol. The molecule has 0 atom stereocenters. The van der Waals surface area contributed by atoms with Crippen molar-refractivity contribution in [2.24, 2.45) is 0 Å². The summed E-state index contributed by atoms with van der Waals surface area (Å²) < 4.78 is 6.88. The summed E-state index contributed by atoms with van der Waals surface area (Å²) in [4.78, 5) is 26.4. The molecule has 0 saturated heterocycles. The molecular formula is C20H17N3O3. The highest BCUT2D eigenvalue weighted by atomic mass is 16.4. The van der Waals surface area contributed by atoms with Gasteiger partial charge in [0.05, 0.1) is 11.7 Å². The summed E-state index contributed by atoms with van der Waals surface area (Å²) in [5, 5.41) is 5.38. The Hall–Kier alpha value is -3.41. The van der Waals surface area contributed by atoms with Crippen molar-refractivity contribution in [3.8, 4) is 0 Å². The van der Waals surface area contributed by atoms with E-state index in [9.17, 15) is 9.59 Å². The van der Waals surface area contributed by atoms with Crippen LogP contribution in [0.5, 0.6) is 0 Å². The molecule has 4 aromatic rings. The van der Waals surface area contributed by atoms with E-state index < -0.39 is 5.63 Å². The first-order chi connectivity index (χ1) is 12.6. The SMILES string of the molecule is CN(Cc1ccccc1)C(=O)Cn1ncc2c(=O)oc3ccccc3c21. The number of fused-ring (bicyclic) bond motifs is 3. The lowest BCUT2D eigenvalue weighted by molar-refractivity contribution is -0.131. The molecule has 0 aliphatic heterocycles. The molecule has 6 heteroatoms. The van der Waals surface area contributed by atoms with Crippen molar-refractivity contribution in [2.45, 2.75) is 13.1 Å². The summed E-state index contributed by atoms with van der Waals surface area (Å²) in [5.41, 5.74) is 1.71. The van der Waals surface area contributed by atoms with Gasteiger partial charge in [0.25, 0.3) is 0 Å². The fraction of sp³-hybridized carbons (Fsp3) is 0.150. The second-order valence-electron chi connectivity index (χ2n) is 6.19. The summed E-state index contributed by atoms with van der Waals surface area (Å²) in [6.45, 7) is 0.571. The molecule has 0 radical (unpaired) electrons. The number of para-hydroxylation sites is 1. The van der Waals surface area contributed by atoms with Gasteiger partial charge in [-0.3, -0.25) is 9.48 Å². The molecule has 0 saturated carbocycles. The van der Waals surface area contributed by atoms with Crippen LogP contribution in [0.4, 0.5) is 0 Å². The summed E-state index contributed by atoms with van der Waals surface area (Å²) in [7, 11) is 1.76. The van der Waals surface area contributed by atoms with Gasteiger partial charge in [0.15, 0.2) is 0 Å². The van der Waals surface area contributed by atoms with Gasteiger partial charge in [-0.1, -0.05) is 42.5 Å². The van der Waals surface area contributed by atoms with Crippen molar-refractivity contribution in [1.29, 1.82) is 0 Å². The number of hydrogen-bond donors (Lipinski definition) is 0. The molecule has 1 amide bonds. The van der Waals surface area contributed by atoms with Crippen LogP contribution in [0.15, 0.2) is 70.0 Å². The number of likely N-dealkylation sites (N-methyl/N-ethyl adjacent to an activating group) is 1. The Bertz CT molecular complexity index is 1150. The predicted octanol–water partition coefficient (Wildman–Crippen LogP) is 2.80. The van der Waals surface area contributed by atoms with Crippen LogP contribution >= 0.6 is 0 Å². The molecule has 26 heavy (non-hydrogen) atoms. The Morgan fingerprint density at radius 1 is 1.08 bits per heavy atom.